The van der Waals surface area contributed by atoms with Gasteiger partial charge in [-0.2, -0.15) is 0 Å². The lowest BCUT2D eigenvalue weighted by atomic mass is 10.1. The Morgan fingerprint density at radius 3 is 2.27 bits per heavy atom. The topological polar surface area (TPSA) is 67.4 Å². The lowest BCUT2D eigenvalue weighted by Crippen LogP contribution is -2.36. The predicted octanol–water partition coefficient (Wildman–Crippen LogP) is 4.05. The minimum absolute atomic E-state index is 0.150. The van der Waals surface area contributed by atoms with Crippen LogP contribution in [0.5, 0.6) is 5.75 Å². The van der Waals surface area contributed by atoms with Gasteiger partial charge in [-0.15, -0.1) is 0 Å². The Balaban J connectivity index is 1.83. The number of amides is 2. The van der Waals surface area contributed by atoms with Crippen molar-refractivity contribution in [3.05, 3.63) is 57.1 Å². The molecule has 0 aliphatic heterocycles. The van der Waals surface area contributed by atoms with Gasteiger partial charge in [-0.05, 0) is 50.1 Å². The van der Waals surface area contributed by atoms with Gasteiger partial charge in [-0.3, -0.25) is 9.59 Å². The Labute approximate surface area is 162 Å². The second-order valence-electron chi connectivity index (χ2n) is 5.96. The predicted molar refractivity (Wildman–Crippen MR) is 104 cm³/mol. The molecule has 138 valence electrons. The molecule has 0 saturated carbocycles. The van der Waals surface area contributed by atoms with E-state index in [4.69, 9.17) is 27.9 Å². The van der Waals surface area contributed by atoms with Crippen molar-refractivity contribution in [2.45, 2.75) is 20.8 Å². The van der Waals surface area contributed by atoms with Crippen LogP contribution in [-0.4, -0.2) is 25.0 Å². The summed E-state index contributed by atoms with van der Waals surface area (Å²) in [6.45, 7) is 5.45. The molecule has 2 rings (SSSR count). The maximum absolute atomic E-state index is 12.1. The van der Waals surface area contributed by atoms with Crippen LogP contribution >= 0.6 is 23.2 Å². The highest BCUT2D eigenvalue weighted by Crippen LogP contribution is 2.27. The van der Waals surface area contributed by atoms with E-state index in [0.717, 1.165) is 22.4 Å². The molecule has 0 atom stereocenters. The van der Waals surface area contributed by atoms with Gasteiger partial charge in [-0.25, -0.2) is 0 Å². The van der Waals surface area contributed by atoms with E-state index in [0.29, 0.717) is 15.8 Å². The smallest absolute Gasteiger partial charge is 0.258 e. The minimum Gasteiger partial charge on any atom is -0.482 e. The molecule has 0 heterocycles. The molecular formula is C19H20Cl2N2O3. The summed E-state index contributed by atoms with van der Waals surface area (Å²) in [5, 5.41) is 6.12. The van der Waals surface area contributed by atoms with Crippen molar-refractivity contribution in [1.82, 2.24) is 5.32 Å². The zero-order valence-electron chi connectivity index (χ0n) is 14.8. The van der Waals surface area contributed by atoms with E-state index in [1.54, 1.807) is 12.1 Å². The third-order valence-corrected chi connectivity index (χ3v) is 4.17. The fourth-order valence-corrected chi connectivity index (χ4v) is 2.99. The highest BCUT2D eigenvalue weighted by atomic mass is 35.5. The number of rotatable bonds is 6. The lowest BCUT2D eigenvalue weighted by molar-refractivity contribution is -0.125. The maximum Gasteiger partial charge on any atom is 0.258 e. The molecule has 0 aromatic heterocycles. The van der Waals surface area contributed by atoms with Crippen LogP contribution in [0.4, 0.5) is 5.69 Å². The van der Waals surface area contributed by atoms with Gasteiger partial charge in [0.15, 0.2) is 6.61 Å². The second kappa shape index (κ2) is 8.92. The molecule has 5 nitrogen and oxygen atoms in total. The number of halogens is 2. The van der Waals surface area contributed by atoms with Crippen molar-refractivity contribution in [1.29, 1.82) is 0 Å². The summed E-state index contributed by atoms with van der Waals surface area (Å²) in [6, 6.07) is 8.69. The Bertz CT molecular complexity index is 815. The van der Waals surface area contributed by atoms with Crippen molar-refractivity contribution >= 4 is 40.7 Å². The molecule has 0 radical (unpaired) electrons. The highest BCUT2D eigenvalue weighted by molar-refractivity contribution is 6.35. The molecule has 0 aliphatic carbocycles. The molecule has 0 spiro atoms. The van der Waals surface area contributed by atoms with Crippen molar-refractivity contribution in [2.24, 2.45) is 0 Å². The van der Waals surface area contributed by atoms with E-state index in [1.807, 2.05) is 32.9 Å². The first kappa shape index (κ1) is 20.1. The maximum atomic E-state index is 12.1. The lowest BCUT2D eigenvalue weighted by Gasteiger charge is -2.13. The van der Waals surface area contributed by atoms with Crippen molar-refractivity contribution < 1.29 is 14.3 Å². The van der Waals surface area contributed by atoms with Gasteiger partial charge in [-0.1, -0.05) is 40.9 Å². The number of hydrogen-bond donors (Lipinski definition) is 2. The first-order valence-electron chi connectivity index (χ1n) is 7.98. The first-order valence-corrected chi connectivity index (χ1v) is 8.74. The van der Waals surface area contributed by atoms with Gasteiger partial charge in [0.05, 0.1) is 11.6 Å². The number of nitrogens with one attached hydrogen (secondary N) is 2. The number of ether oxygens (including phenoxy) is 1. The van der Waals surface area contributed by atoms with Crippen LogP contribution in [0.1, 0.15) is 16.7 Å². The van der Waals surface area contributed by atoms with Crippen LogP contribution in [0.25, 0.3) is 0 Å². The number of carbonyl (C=O) groups is 2. The molecule has 0 unspecified atom stereocenters. The van der Waals surface area contributed by atoms with Crippen molar-refractivity contribution in [2.75, 3.05) is 18.5 Å². The average molecular weight is 395 g/mol. The highest BCUT2D eigenvalue weighted by Gasteiger charge is 2.11. The number of anilines is 1. The number of aryl methyl sites for hydroxylation is 3. The quantitative estimate of drug-likeness (QED) is 0.776. The Hall–Kier alpha value is -2.24. The summed E-state index contributed by atoms with van der Waals surface area (Å²) in [7, 11) is 0. The van der Waals surface area contributed by atoms with Gasteiger partial charge >= 0.3 is 0 Å². The molecule has 0 saturated heterocycles. The molecule has 0 aliphatic rings. The normalized spacial score (nSPS) is 10.3. The molecule has 0 fully saturated rings. The minimum atomic E-state index is -0.427. The zero-order chi connectivity index (χ0) is 19.3. The molecule has 7 heteroatoms. The van der Waals surface area contributed by atoms with Crippen LogP contribution in [-0.2, 0) is 9.59 Å². The summed E-state index contributed by atoms with van der Waals surface area (Å²) < 4.78 is 5.32. The summed E-state index contributed by atoms with van der Waals surface area (Å²) in [4.78, 5) is 23.9. The van der Waals surface area contributed by atoms with Crippen LogP contribution < -0.4 is 15.4 Å². The van der Waals surface area contributed by atoms with E-state index in [-0.39, 0.29) is 19.1 Å². The molecule has 2 aromatic carbocycles. The fraction of sp³-hybridized carbons (Fsp3) is 0.263. The van der Waals surface area contributed by atoms with Crippen LogP contribution in [0.2, 0.25) is 10.0 Å². The van der Waals surface area contributed by atoms with Gasteiger partial charge in [0.2, 0.25) is 5.91 Å². The zero-order valence-corrected chi connectivity index (χ0v) is 16.3. The summed E-state index contributed by atoms with van der Waals surface area (Å²) in [5.41, 5.74) is 3.84. The standard InChI is InChI=1S/C19H20Cl2N2O3/c1-11-6-12(2)19(13(3)7-11)23-17(24)9-22-18(25)10-26-16-5-4-14(20)8-15(16)21/h4-8H,9-10H2,1-3H3,(H,22,25)(H,23,24). The Morgan fingerprint density at radius 1 is 1.00 bits per heavy atom. The first-order chi connectivity index (χ1) is 12.3. The van der Waals surface area contributed by atoms with Crippen molar-refractivity contribution in [3.8, 4) is 5.75 Å². The van der Waals surface area contributed by atoms with E-state index >= 15 is 0 Å². The monoisotopic (exact) mass is 394 g/mol. The molecule has 2 N–H and O–H groups in total. The van der Waals surface area contributed by atoms with Gasteiger partial charge < -0.3 is 15.4 Å². The number of carbonyl (C=O) groups excluding carboxylic acids is 2. The van der Waals surface area contributed by atoms with E-state index < -0.39 is 5.91 Å². The molecular weight excluding hydrogens is 375 g/mol. The van der Waals surface area contributed by atoms with Gasteiger partial charge in [0.1, 0.15) is 5.75 Å². The number of benzene rings is 2. The van der Waals surface area contributed by atoms with Gasteiger partial charge in [0, 0.05) is 10.7 Å². The average Bonchev–Trinajstić information content (AvgIpc) is 2.55. The van der Waals surface area contributed by atoms with Crippen LogP contribution in [0.15, 0.2) is 30.3 Å². The molecule has 2 amide bonds. The fourth-order valence-electron chi connectivity index (χ4n) is 2.53. The molecule has 2 aromatic rings. The summed E-state index contributed by atoms with van der Waals surface area (Å²) in [6.07, 6.45) is 0. The largest absolute Gasteiger partial charge is 0.482 e. The van der Waals surface area contributed by atoms with Crippen LogP contribution in [0.3, 0.4) is 0 Å². The second-order valence-corrected chi connectivity index (χ2v) is 6.81. The van der Waals surface area contributed by atoms with E-state index in [1.165, 1.54) is 6.07 Å². The van der Waals surface area contributed by atoms with Crippen LogP contribution in [0, 0.1) is 20.8 Å². The third-order valence-electron chi connectivity index (χ3n) is 3.64. The third kappa shape index (κ3) is 5.64. The van der Waals surface area contributed by atoms with E-state index in [9.17, 15) is 9.59 Å². The summed E-state index contributed by atoms with van der Waals surface area (Å²) in [5.74, 6) is -0.386. The van der Waals surface area contributed by atoms with E-state index in [2.05, 4.69) is 10.6 Å². The van der Waals surface area contributed by atoms with Crippen molar-refractivity contribution in [3.63, 3.8) is 0 Å². The van der Waals surface area contributed by atoms with Gasteiger partial charge in [0.25, 0.3) is 5.91 Å². The Morgan fingerprint density at radius 2 is 1.65 bits per heavy atom. The summed E-state index contributed by atoms with van der Waals surface area (Å²) >= 11 is 11.8. The molecule has 26 heavy (non-hydrogen) atoms. The SMILES string of the molecule is Cc1cc(C)c(NC(=O)CNC(=O)COc2ccc(Cl)cc2Cl)c(C)c1. The Kier molecular flexibility index (Phi) is 6.89. The molecule has 0 bridgehead atoms. The number of hydrogen-bond acceptors (Lipinski definition) is 3.